The van der Waals surface area contributed by atoms with Gasteiger partial charge in [0.1, 0.15) is 5.82 Å². The monoisotopic (exact) mass is 393 g/mol. The van der Waals surface area contributed by atoms with Crippen molar-refractivity contribution in [2.45, 2.75) is 0 Å². The summed E-state index contributed by atoms with van der Waals surface area (Å²) in [6, 6.07) is 16.7. The van der Waals surface area contributed by atoms with Gasteiger partial charge in [-0.1, -0.05) is 12.1 Å². The third kappa shape index (κ3) is 4.67. The Balaban J connectivity index is 1.43. The molecule has 0 unspecified atom stereocenters. The molecule has 2 heterocycles. The molecule has 148 valence electrons. The molecule has 2 N–H and O–H groups in total. The first-order valence-corrected chi connectivity index (χ1v) is 9.28. The fraction of sp³-hybridized carbons (Fsp3) is 0.190. The van der Waals surface area contributed by atoms with Gasteiger partial charge in [0.15, 0.2) is 11.6 Å². The molecule has 1 aliphatic heterocycles. The van der Waals surface area contributed by atoms with Crippen molar-refractivity contribution in [2.24, 2.45) is 0 Å². The molecule has 0 atom stereocenters. The van der Waals surface area contributed by atoms with Crippen molar-refractivity contribution in [3.05, 3.63) is 72.0 Å². The second-order valence-electron chi connectivity index (χ2n) is 6.51. The van der Waals surface area contributed by atoms with Gasteiger partial charge in [-0.25, -0.2) is 4.39 Å². The van der Waals surface area contributed by atoms with Crippen molar-refractivity contribution in [1.29, 1.82) is 0 Å². The van der Waals surface area contributed by atoms with E-state index >= 15 is 0 Å². The number of benzene rings is 2. The highest BCUT2D eigenvalue weighted by atomic mass is 19.1. The molecule has 1 fully saturated rings. The summed E-state index contributed by atoms with van der Waals surface area (Å²) in [6.07, 6.45) is 0. The molecule has 2 aromatic carbocycles. The fourth-order valence-electron chi connectivity index (χ4n) is 3.05. The zero-order chi connectivity index (χ0) is 20.1. The summed E-state index contributed by atoms with van der Waals surface area (Å²) in [5.41, 5.74) is 2.34. The predicted octanol–water partition coefficient (Wildman–Crippen LogP) is 3.45. The number of nitrogens with zero attached hydrogens (tertiary/aromatic N) is 3. The van der Waals surface area contributed by atoms with E-state index in [0.717, 1.165) is 24.5 Å². The van der Waals surface area contributed by atoms with Gasteiger partial charge in [-0.3, -0.25) is 4.79 Å². The summed E-state index contributed by atoms with van der Waals surface area (Å²) in [4.78, 5) is 14.4. The number of hydrogen-bond acceptors (Lipinski definition) is 6. The minimum atomic E-state index is -0.394. The maximum Gasteiger partial charge on any atom is 0.256 e. The number of para-hydroxylation sites is 2. The van der Waals surface area contributed by atoms with Gasteiger partial charge < -0.3 is 20.3 Å². The third-order valence-corrected chi connectivity index (χ3v) is 4.53. The lowest BCUT2D eigenvalue weighted by Gasteiger charge is -2.30. The van der Waals surface area contributed by atoms with Crippen LogP contribution in [-0.2, 0) is 4.74 Å². The highest BCUT2D eigenvalue weighted by molar-refractivity contribution is 6.03. The topological polar surface area (TPSA) is 79.4 Å². The predicted molar refractivity (Wildman–Crippen MR) is 109 cm³/mol. The molecule has 0 radical (unpaired) electrons. The molecule has 0 bridgehead atoms. The van der Waals surface area contributed by atoms with E-state index in [4.69, 9.17) is 4.74 Å². The van der Waals surface area contributed by atoms with Crippen molar-refractivity contribution in [3.8, 4) is 0 Å². The Morgan fingerprint density at radius 3 is 2.34 bits per heavy atom. The summed E-state index contributed by atoms with van der Waals surface area (Å²) >= 11 is 0. The van der Waals surface area contributed by atoms with E-state index in [2.05, 4.69) is 31.8 Å². The summed E-state index contributed by atoms with van der Waals surface area (Å²) in [7, 11) is 0. The van der Waals surface area contributed by atoms with Gasteiger partial charge in [0.25, 0.3) is 5.91 Å². The molecule has 0 aliphatic carbocycles. The van der Waals surface area contributed by atoms with Gasteiger partial charge in [-0.2, -0.15) is 0 Å². The Morgan fingerprint density at radius 1 is 0.931 bits per heavy atom. The number of nitrogens with one attached hydrogen (secondary N) is 2. The summed E-state index contributed by atoms with van der Waals surface area (Å²) in [5.74, 6) is 0.101. The highest BCUT2D eigenvalue weighted by Crippen LogP contribution is 2.28. The first-order valence-electron chi connectivity index (χ1n) is 9.28. The normalized spacial score (nSPS) is 13.8. The lowest BCUT2D eigenvalue weighted by Crippen LogP contribution is -2.36. The summed E-state index contributed by atoms with van der Waals surface area (Å²) in [6.45, 7) is 3.07. The van der Waals surface area contributed by atoms with Crippen molar-refractivity contribution in [1.82, 2.24) is 10.2 Å². The van der Waals surface area contributed by atoms with Crippen LogP contribution < -0.4 is 15.5 Å². The number of carbonyl (C=O) groups excluding carboxylic acids is 1. The van der Waals surface area contributed by atoms with Crippen LogP contribution in [-0.4, -0.2) is 42.4 Å². The Kier molecular flexibility index (Phi) is 5.62. The number of ether oxygens (including phenoxy) is 1. The standard InChI is InChI=1S/C21H20FN5O2/c22-16-7-5-15(6-8-16)21(28)24-20-10-9-19(25-26-20)23-17-3-1-2-4-18(17)27-11-13-29-14-12-27/h1-10H,11-14H2,(H,23,25)(H,24,26,28). The van der Waals surface area contributed by atoms with E-state index in [1.54, 1.807) is 12.1 Å². The van der Waals surface area contributed by atoms with E-state index in [-0.39, 0.29) is 5.91 Å². The molecule has 1 aromatic heterocycles. The summed E-state index contributed by atoms with van der Waals surface area (Å²) < 4.78 is 18.4. The lowest BCUT2D eigenvalue weighted by atomic mass is 10.2. The average Bonchev–Trinajstić information content (AvgIpc) is 2.76. The second-order valence-corrected chi connectivity index (χ2v) is 6.51. The number of morpholine rings is 1. The van der Waals surface area contributed by atoms with Crippen molar-refractivity contribution >= 4 is 28.9 Å². The lowest BCUT2D eigenvalue weighted by molar-refractivity contribution is 0.102. The van der Waals surface area contributed by atoms with Crippen LogP contribution >= 0.6 is 0 Å². The second kappa shape index (κ2) is 8.66. The van der Waals surface area contributed by atoms with Gasteiger partial charge in [0.2, 0.25) is 0 Å². The molecule has 8 heteroatoms. The van der Waals surface area contributed by atoms with E-state index < -0.39 is 5.82 Å². The van der Waals surface area contributed by atoms with Crippen LogP contribution in [0.2, 0.25) is 0 Å². The molecule has 0 spiro atoms. The number of anilines is 4. The molecule has 4 rings (SSSR count). The minimum Gasteiger partial charge on any atom is -0.378 e. The van der Waals surface area contributed by atoms with Crippen LogP contribution in [0, 0.1) is 5.82 Å². The van der Waals surface area contributed by atoms with Gasteiger partial charge in [0.05, 0.1) is 24.6 Å². The highest BCUT2D eigenvalue weighted by Gasteiger charge is 2.15. The molecule has 7 nitrogen and oxygen atoms in total. The number of halogens is 1. The maximum absolute atomic E-state index is 13.0. The number of hydrogen-bond donors (Lipinski definition) is 2. The van der Waals surface area contributed by atoms with Crippen LogP contribution in [0.1, 0.15) is 10.4 Å². The largest absolute Gasteiger partial charge is 0.378 e. The zero-order valence-corrected chi connectivity index (χ0v) is 15.6. The Bertz CT molecular complexity index is 973. The summed E-state index contributed by atoms with van der Waals surface area (Å²) in [5, 5.41) is 14.1. The zero-order valence-electron chi connectivity index (χ0n) is 15.6. The van der Waals surface area contributed by atoms with E-state index in [9.17, 15) is 9.18 Å². The van der Waals surface area contributed by atoms with Crippen LogP contribution in [0.3, 0.4) is 0 Å². The Hall–Kier alpha value is -3.52. The van der Waals surface area contributed by atoms with E-state index in [1.165, 1.54) is 24.3 Å². The van der Waals surface area contributed by atoms with Crippen LogP contribution in [0.5, 0.6) is 0 Å². The molecular weight excluding hydrogens is 373 g/mol. The Labute approximate surface area is 167 Å². The molecule has 3 aromatic rings. The van der Waals surface area contributed by atoms with Crippen LogP contribution in [0.15, 0.2) is 60.7 Å². The molecule has 1 amide bonds. The first-order chi connectivity index (χ1) is 14.2. The quantitative estimate of drug-likeness (QED) is 0.691. The smallest absolute Gasteiger partial charge is 0.256 e. The maximum atomic E-state index is 13.0. The van der Waals surface area contributed by atoms with Crippen molar-refractivity contribution < 1.29 is 13.9 Å². The SMILES string of the molecule is O=C(Nc1ccc(Nc2ccccc2N2CCOCC2)nn1)c1ccc(F)cc1. The van der Waals surface area contributed by atoms with Crippen LogP contribution in [0.25, 0.3) is 0 Å². The number of aromatic nitrogens is 2. The molecule has 1 aliphatic rings. The first kappa shape index (κ1) is 18.8. The molecule has 1 saturated heterocycles. The van der Waals surface area contributed by atoms with Gasteiger partial charge in [-0.15, -0.1) is 10.2 Å². The number of carbonyl (C=O) groups is 1. The molecule has 29 heavy (non-hydrogen) atoms. The van der Waals surface area contributed by atoms with Crippen molar-refractivity contribution in [3.63, 3.8) is 0 Å². The molecule has 0 saturated carbocycles. The van der Waals surface area contributed by atoms with E-state index in [0.29, 0.717) is 30.4 Å². The van der Waals surface area contributed by atoms with Gasteiger partial charge in [-0.05, 0) is 48.5 Å². The Morgan fingerprint density at radius 2 is 1.62 bits per heavy atom. The van der Waals surface area contributed by atoms with Gasteiger partial charge >= 0.3 is 0 Å². The van der Waals surface area contributed by atoms with Crippen molar-refractivity contribution in [2.75, 3.05) is 41.8 Å². The fourth-order valence-corrected chi connectivity index (χ4v) is 3.05. The van der Waals surface area contributed by atoms with E-state index in [1.807, 2.05) is 18.2 Å². The minimum absolute atomic E-state index is 0.311. The third-order valence-electron chi connectivity index (χ3n) is 4.53. The number of rotatable bonds is 5. The average molecular weight is 393 g/mol. The number of amides is 1. The molecular formula is C21H20FN5O2. The van der Waals surface area contributed by atoms with Gasteiger partial charge in [0, 0.05) is 18.7 Å². The van der Waals surface area contributed by atoms with Crippen LogP contribution in [0.4, 0.5) is 27.4 Å².